The monoisotopic (exact) mass is 334 g/mol. The van der Waals surface area contributed by atoms with Crippen molar-refractivity contribution >= 4 is 58.2 Å². The number of carbonyl (C=O) groups is 2. The molecule has 0 aliphatic heterocycles. The summed E-state index contributed by atoms with van der Waals surface area (Å²) in [6.45, 7) is 0. The summed E-state index contributed by atoms with van der Waals surface area (Å²) in [4.78, 5) is 20.4. The Bertz CT molecular complexity index is 576. The Hall–Kier alpha value is -1.27. The zero-order valence-electron chi connectivity index (χ0n) is 10.7. The summed E-state index contributed by atoms with van der Waals surface area (Å²) in [7, 11) is 0. The Morgan fingerprint density at radius 1 is 0.762 bits per heavy atom. The van der Waals surface area contributed by atoms with Crippen LogP contribution in [-0.4, -0.2) is 35.0 Å². The molecule has 0 aliphatic carbocycles. The average molecular weight is 335 g/mol. The molecule has 0 N–H and O–H groups in total. The standard InChI is InChI=1S/2C7H5ClO2.Mg/c2*8-6-3-1-2-5(4-6)7(9)10;/h2*1-4H,(H,9,10);/q;;+2/p-2. The molecule has 2 aromatic rings. The van der Waals surface area contributed by atoms with E-state index in [1.165, 1.54) is 24.3 Å². The number of carbonyl (C=O) groups excluding carboxylic acids is 2. The fourth-order valence-electron chi connectivity index (χ4n) is 1.23. The fourth-order valence-corrected chi connectivity index (χ4v) is 1.61. The Morgan fingerprint density at radius 2 is 1.10 bits per heavy atom. The van der Waals surface area contributed by atoms with E-state index in [2.05, 4.69) is 0 Å². The summed E-state index contributed by atoms with van der Waals surface area (Å²) in [5.41, 5.74) is 0.208. The Balaban J connectivity index is 0.000000364. The van der Waals surface area contributed by atoms with Crippen molar-refractivity contribution in [3.8, 4) is 0 Å². The number of halogens is 2. The maximum Gasteiger partial charge on any atom is 2.00 e. The largest absolute Gasteiger partial charge is 2.00 e. The zero-order valence-corrected chi connectivity index (χ0v) is 13.6. The van der Waals surface area contributed by atoms with Crippen molar-refractivity contribution < 1.29 is 19.8 Å². The summed E-state index contributed by atoms with van der Waals surface area (Å²) in [5.74, 6) is -2.41. The van der Waals surface area contributed by atoms with Gasteiger partial charge >= 0.3 is 23.1 Å². The molecule has 0 aliphatic rings. The van der Waals surface area contributed by atoms with E-state index in [0.29, 0.717) is 10.0 Å². The second-order valence-corrected chi connectivity index (χ2v) is 4.47. The molecule has 104 valence electrons. The molecule has 4 nitrogen and oxygen atoms in total. The molecule has 0 heterocycles. The van der Waals surface area contributed by atoms with Crippen molar-refractivity contribution in [2.24, 2.45) is 0 Å². The summed E-state index contributed by atoms with van der Waals surface area (Å²) >= 11 is 11.0. The second-order valence-electron chi connectivity index (χ2n) is 3.60. The van der Waals surface area contributed by atoms with E-state index in [-0.39, 0.29) is 34.2 Å². The fraction of sp³-hybridized carbons (Fsp3) is 0. The Kier molecular flexibility index (Phi) is 9.04. The molecule has 0 radical (unpaired) electrons. The first-order chi connectivity index (χ1) is 9.40. The predicted octanol–water partition coefficient (Wildman–Crippen LogP) is 1.03. The van der Waals surface area contributed by atoms with Crippen LogP contribution in [0.25, 0.3) is 0 Å². The van der Waals surface area contributed by atoms with E-state index in [1.54, 1.807) is 24.3 Å². The van der Waals surface area contributed by atoms with Gasteiger partial charge in [0, 0.05) is 10.0 Å². The van der Waals surface area contributed by atoms with E-state index in [9.17, 15) is 19.8 Å². The summed E-state index contributed by atoms with van der Waals surface area (Å²) in [6, 6.07) is 11.9. The summed E-state index contributed by atoms with van der Waals surface area (Å²) in [6.07, 6.45) is 0. The van der Waals surface area contributed by atoms with E-state index in [4.69, 9.17) is 23.2 Å². The van der Waals surface area contributed by atoms with Crippen molar-refractivity contribution in [2.75, 3.05) is 0 Å². The van der Waals surface area contributed by atoms with Crippen LogP contribution in [0.3, 0.4) is 0 Å². The van der Waals surface area contributed by atoms with E-state index in [1.807, 2.05) is 0 Å². The molecule has 0 saturated heterocycles. The summed E-state index contributed by atoms with van der Waals surface area (Å²) in [5, 5.41) is 21.2. The molecule has 2 rings (SSSR count). The topological polar surface area (TPSA) is 80.3 Å². The van der Waals surface area contributed by atoms with Crippen LogP contribution in [0.4, 0.5) is 0 Å². The first-order valence-electron chi connectivity index (χ1n) is 5.34. The third kappa shape index (κ3) is 7.33. The van der Waals surface area contributed by atoms with Crippen LogP contribution in [0.2, 0.25) is 10.0 Å². The van der Waals surface area contributed by atoms with E-state index >= 15 is 0 Å². The number of carboxylic acid groups (broad SMARTS) is 2. The number of hydrogen-bond acceptors (Lipinski definition) is 4. The van der Waals surface area contributed by atoms with Crippen molar-refractivity contribution in [3.05, 3.63) is 69.7 Å². The molecule has 0 unspecified atom stereocenters. The number of rotatable bonds is 2. The second kappa shape index (κ2) is 9.62. The van der Waals surface area contributed by atoms with Crippen LogP contribution < -0.4 is 10.2 Å². The van der Waals surface area contributed by atoms with Crippen molar-refractivity contribution in [2.45, 2.75) is 0 Å². The maximum absolute atomic E-state index is 10.2. The Labute approximate surface area is 147 Å². The van der Waals surface area contributed by atoms with E-state index in [0.717, 1.165) is 0 Å². The SMILES string of the molecule is O=C([O-])c1cccc(Cl)c1.O=C([O-])c1cccc(Cl)c1.[Mg+2]. The van der Waals surface area contributed by atoms with Gasteiger partial charge in [0.15, 0.2) is 0 Å². The molecule has 0 fully saturated rings. The van der Waals surface area contributed by atoms with Gasteiger partial charge < -0.3 is 19.8 Å². The van der Waals surface area contributed by atoms with Gasteiger partial charge in [0.05, 0.1) is 11.9 Å². The molecule has 21 heavy (non-hydrogen) atoms. The van der Waals surface area contributed by atoms with Gasteiger partial charge in [-0.15, -0.1) is 0 Å². The molecular formula is C14H8Cl2MgO4. The molecule has 0 saturated carbocycles. The minimum absolute atomic E-state index is 0. The van der Waals surface area contributed by atoms with Gasteiger partial charge in [-0.05, 0) is 35.4 Å². The zero-order chi connectivity index (χ0) is 15.1. The maximum atomic E-state index is 10.2. The van der Waals surface area contributed by atoms with Crippen molar-refractivity contribution in [3.63, 3.8) is 0 Å². The average Bonchev–Trinajstić information content (AvgIpc) is 2.39. The van der Waals surface area contributed by atoms with Gasteiger partial charge in [0.25, 0.3) is 0 Å². The number of aromatic carboxylic acids is 2. The van der Waals surface area contributed by atoms with Gasteiger partial charge in [0.2, 0.25) is 0 Å². The van der Waals surface area contributed by atoms with Crippen LogP contribution >= 0.6 is 23.2 Å². The van der Waals surface area contributed by atoms with Crippen molar-refractivity contribution in [1.29, 1.82) is 0 Å². The van der Waals surface area contributed by atoms with Gasteiger partial charge in [-0.3, -0.25) is 0 Å². The van der Waals surface area contributed by atoms with Crippen LogP contribution in [0.15, 0.2) is 48.5 Å². The van der Waals surface area contributed by atoms with Gasteiger partial charge in [-0.2, -0.15) is 0 Å². The third-order valence-electron chi connectivity index (χ3n) is 2.12. The minimum atomic E-state index is -1.21. The van der Waals surface area contributed by atoms with Crippen LogP contribution in [0, 0.1) is 0 Å². The smallest absolute Gasteiger partial charge is 0.545 e. The minimum Gasteiger partial charge on any atom is -0.545 e. The first kappa shape index (κ1) is 19.7. The number of carboxylic acids is 2. The molecule has 7 heteroatoms. The van der Waals surface area contributed by atoms with Gasteiger partial charge in [0.1, 0.15) is 0 Å². The third-order valence-corrected chi connectivity index (χ3v) is 2.59. The molecule has 0 aromatic heterocycles. The molecule has 0 atom stereocenters. The van der Waals surface area contributed by atoms with Crippen LogP contribution in [0.1, 0.15) is 20.7 Å². The summed E-state index contributed by atoms with van der Waals surface area (Å²) < 4.78 is 0. The Morgan fingerprint density at radius 3 is 1.29 bits per heavy atom. The first-order valence-corrected chi connectivity index (χ1v) is 6.09. The number of benzene rings is 2. The molecule has 0 bridgehead atoms. The van der Waals surface area contributed by atoms with Gasteiger partial charge in [-0.1, -0.05) is 47.5 Å². The van der Waals surface area contributed by atoms with Gasteiger partial charge in [-0.25, -0.2) is 0 Å². The molecule has 0 spiro atoms. The van der Waals surface area contributed by atoms with E-state index < -0.39 is 11.9 Å². The number of hydrogen-bond donors (Lipinski definition) is 0. The van der Waals surface area contributed by atoms with Crippen LogP contribution in [0.5, 0.6) is 0 Å². The molecular weight excluding hydrogens is 327 g/mol. The molecule has 0 amide bonds. The van der Waals surface area contributed by atoms with Crippen LogP contribution in [-0.2, 0) is 0 Å². The van der Waals surface area contributed by atoms with Crippen molar-refractivity contribution in [1.82, 2.24) is 0 Å². The normalized spacial score (nSPS) is 8.86. The molecule has 2 aromatic carbocycles. The predicted molar refractivity (Wildman–Crippen MR) is 77.3 cm³/mol. The quantitative estimate of drug-likeness (QED) is 0.768.